The number of nitrogens with zero attached hydrogens (tertiary/aromatic N) is 3. The molecule has 2 saturated heterocycles. The van der Waals surface area contributed by atoms with Crippen molar-refractivity contribution in [2.24, 2.45) is 5.92 Å². The molecule has 524 valence electrons. The van der Waals surface area contributed by atoms with Gasteiger partial charge in [-0.3, -0.25) is 19.7 Å². The summed E-state index contributed by atoms with van der Waals surface area (Å²) in [5.74, 6) is -3.94. The van der Waals surface area contributed by atoms with Gasteiger partial charge in [0, 0.05) is 22.6 Å². The smallest absolute Gasteiger partial charge is 0.407 e. The van der Waals surface area contributed by atoms with Crippen LogP contribution in [0.5, 0.6) is 34.5 Å². The zero-order valence-electron chi connectivity index (χ0n) is 53.8. The van der Waals surface area contributed by atoms with Crippen LogP contribution >= 0.6 is 0 Å². The standard InChI is InChI=1S/2C25H20F2N2O5.C25H21F2NO6/c2*1-32-16-11-28-12-17-19(16)24(31)21-20(29-23(30)33-21)18(13-5-3-2-4-6-13)25(24,34-17)15-9-7-14(8-10-15)22(26)27;1-33-16-11-28-12-17-20(16)24(32)21(29)18(23(30)31)19(13-5-3-2-4-6-13)25(24,34-17)15-9-7-14(8-10-15)22(26)27/h2*2-12,18,20-22,31H,1H3,(H,29,30);2-12,18-19,21-22,29,32H,1H3,(H,30,31)/t2*18-,20-,21-,24+,25+;18-,19-,21-,24+,25+/m111/s1. The van der Waals surface area contributed by atoms with E-state index in [1.165, 1.54) is 131 Å². The molecule has 0 unspecified atom stereocenters. The Bertz CT molecular complexity index is 4520. The van der Waals surface area contributed by atoms with E-state index < -0.39 is 125 Å². The third kappa shape index (κ3) is 9.25. The number of aliphatic hydroxyl groups excluding tert-OH is 1. The van der Waals surface area contributed by atoms with Crippen molar-refractivity contribution in [2.75, 3.05) is 21.3 Å². The fourth-order valence-corrected chi connectivity index (χ4v) is 17.2. The van der Waals surface area contributed by atoms with Crippen molar-refractivity contribution in [2.45, 2.75) is 101 Å². The number of aliphatic hydroxyl groups is 4. The average Bonchev–Trinajstić information content (AvgIpc) is 1.50. The Morgan fingerprint density at radius 3 is 1.03 bits per heavy atom. The maximum absolute atomic E-state index is 13.3. The number of carbonyl (C=O) groups excluding carboxylic acids is 2. The van der Waals surface area contributed by atoms with E-state index in [-0.39, 0.29) is 62.3 Å². The quantitative estimate of drug-likeness (QED) is 0.0528. The zero-order chi connectivity index (χ0) is 71.6. The number of fused-ring (bicyclic) bond motifs is 13. The van der Waals surface area contributed by atoms with Gasteiger partial charge in [-0.05, 0) is 33.4 Å². The number of alkyl halides is 6. The number of halogens is 6. The van der Waals surface area contributed by atoms with Crippen molar-refractivity contribution >= 4 is 18.2 Å². The summed E-state index contributed by atoms with van der Waals surface area (Å²) < 4.78 is 127. The Balaban J connectivity index is 0.000000124. The molecule has 0 bridgehead atoms. The highest BCUT2D eigenvalue weighted by Gasteiger charge is 2.83. The number of rotatable bonds is 13. The van der Waals surface area contributed by atoms with Gasteiger partial charge in [0.05, 0.1) is 105 Å². The summed E-state index contributed by atoms with van der Waals surface area (Å²) in [5, 5.41) is 64.8. The summed E-state index contributed by atoms with van der Waals surface area (Å²) in [6.45, 7) is 0. The van der Waals surface area contributed by atoms with Crippen molar-refractivity contribution in [3.63, 3.8) is 0 Å². The van der Waals surface area contributed by atoms with E-state index in [9.17, 15) is 66.3 Å². The fraction of sp³-hybridized carbons (Fsp3) is 0.280. The lowest BCUT2D eigenvalue weighted by Gasteiger charge is -2.41. The van der Waals surface area contributed by atoms with Crippen molar-refractivity contribution in [3.05, 3.63) is 268 Å². The van der Waals surface area contributed by atoms with Gasteiger partial charge in [-0.1, -0.05) is 164 Å². The first-order chi connectivity index (χ1) is 49.1. The largest absolute Gasteiger partial charge is 0.495 e. The molecule has 5 fully saturated rings. The number of hydrogen-bond donors (Lipinski definition) is 7. The van der Waals surface area contributed by atoms with Crippen molar-refractivity contribution in [1.29, 1.82) is 0 Å². The first-order valence-electron chi connectivity index (χ1n) is 32.1. The minimum absolute atomic E-state index is 0.0557. The van der Waals surface area contributed by atoms with E-state index in [1.54, 1.807) is 30.3 Å². The summed E-state index contributed by atoms with van der Waals surface area (Å²) in [6, 6.07) is 42.2. The number of aliphatic carboxylic acids is 1. The molecule has 102 heavy (non-hydrogen) atoms. The number of amides is 2. The van der Waals surface area contributed by atoms with Crippen LogP contribution in [-0.2, 0) is 47.9 Å². The van der Waals surface area contributed by atoms with Gasteiger partial charge in [0.15, 0.2) is 45.8 Å². The molecule has 7 N–H and O–H groups in total. The number of hydrogen-bond acceptors (Lipinski definition) is 18. The monoisotopic (exact) mass is 1400 g/mol. The number of benzene rings is 6. The number of ether oxygens (including phenoxy) is 8. The Hall–Kier alpha value is -11.0. The summed E-state index contributed by atoms with van der Waals surface area (Å²) in [4.78, 5) is 49.6. The number of carboxylic acid groups (broad SMARTS) is 1. The number of nitrogens with one attached hydrogen (secondary N) is 2. The van der Waals surface area contributed by atoms with Crippen LogP contribution in [0, 0.1) is 5.92 Å². The molecule has 2 amide bonds. The van der Waals surface area contributed by atoms with Crippen molar-refractivity contribution < 1.29 is 104 Å². The van der Waals surface area contributed by atoms with Crippen LogP contribution in [0.2, 0.25) is 0 Å². The van der Waals surface area contributed by atoms with Gasteiger partial charge in [0.2, 0.25) is 0 Å². The Labute approximate surface area is 576 Å². The van der Waals surface area contributed by atoms with E-state index in [2.05, 4.69) is 25.6 Å². The van der Waals surface area contributed by atoms with Crippen molar-refractivity contribution in [3.8, 4) is 34.5 Å². The average molecular weight is 1400 g/mol. The van der Waals surface area contributed by atoms with Gasteiger partial charge in [0.1, 0.15) is 40.6 Å². The van der Waals surface area contributed by atoms with Crippen LogP contribution in [0.25, 0.3) is 0 Å². The molecule has 15 atom stereocenters. The van der Waals surface area contributed by atoms with Gasteiger partial charge >= 0.3 is 18.2 Å². The minimum Gasteiger partial charge on any atom is -0.495 e. The minimum atomic E-state index is -2.72. The second kappa shape index (κ2) is 24.7. The topological polar surface area (TPSA) is 289 Å². The fourth-order valence-electron chi connectivity index (χ4n) is 17.2. The molecule has 17 rings (SSSR count). The zero-order valence-corrected chi connectivity index (χ0v) is 53.8. The predicted octanol–water partition coefficient (Wildman–Crippen LogP) is 10.9. The third-order valence-electron chi connectivity index (χ3n) is 21.2. The second-order valence-electron chi connectivity index (χ2n) is 25.7. The van der Waals surface area contributed by atoms with Crippen LogP contribution in [0.15, 0.2) is 201 Å². The molecule has 21 nitrogen and oxygen atoms in total. The Morgan fingerprint density at radius 1 is 0.441 bits per heavy atom. The van der Waals surface area contributed by atoms with Crippen LogP contribution in [0.1, 0.15) is 104 Å². The normalized spacial score (nSPS) is 30.3. The molecule has 3 aliphatic carbocycles. The first kappa shape index (κ1) is 66.9. The van der Waals surface area contributed by atoms with E-state index in [0.29, 0.717) is 27.8 Å². The molecule has 8 heterocycles. The summed E-state index contributed by atoms with van der Waals surface area (Å²) in [7, 11) is 4.24. The van der Waals surface area contributed by atoms with Gasteiger partial charge in [0.25, 0.3) is 19.3 Å². The number of pyridine rings is 3. The highest BCUT2D eigenvalue weighted by molar-refractivity contribution is 5.78. The lowest BCUT2D eigenvalue weighted by molar-refractivity contribution is -0.159. The molecule has 8 aliphatic rings. The van der Waals surface area contributed by atoms with E-state index >= 15 is 0 Å². The molecular weight excluding hydrogens is 1340 g/mol. The Morgan fingerprint density at radius 2 is 0.735 bits per heavy atom. The van der Waals surface area contributed by atoms with Crippen LogP contribution in [0.4, 0.5) is 35.9 Å². The number of carboxylic acids is 1. The van der Waals surface area contributed by atoms with Crippen LogP contribution < -0.4 is 39.1 Å². The van der Waals surface area contributed by atoms with Crippen molar-refractivity contribution in [1.82, 2.24) is 25.6 Å². The SMILES string of the molecule is COc1cncc2c1[C@]1(O)[C@@H]3OC(=O)N[C@@H]3[C@@H](c3ccccc3)[C@]1(c1ccc(C(F)F)cc1)O2.COc1cncc2c1[C@]1(O)[C@@H]3OC(=O)N[C@@H]3[C@@H](c3ccccc3)[C@]1(c1ccc(C(F)F)cc1)O2.COc1cncc2c1[C@]1(O)[C@H](O)[C@H](C(=O)O)[C@@H](c3ccccc3)[C@]1(c1ccc(C(F)F)cc1)O2. The maximum atomic E-state index is 13.3. The third-order valence-corrected chi connectivity index (χ3v) is 21.2. The summed E-state index contributed by atoms with van der Waals surface area (Å²) >= 11 is 0. The number of aromatic nitrogens is 3. The van der Waals surface area contributed by atoms with Gasteiger partial charge < -0.3 is 74.1 Å². The molecule has 9 aromatic rings. The summed E-state index contributed by atoms with van der Waals surface area (Å²) in [5.41, 5.74) is -7.78. The maximum Gasteiger partial charge on any atom is 0.407 e. The van der Waals surface area contributed by atoms with Crippen LogP contribution in [-0.4, -0.2) is 110 Å². The number of alkyl carbamates (subject to hydrolysis) is 2. The highest BCUT2D eigenvalue weighted by atomic mass is 19.3. The molecule has 0 radical (unpaired) electrons. The first-order valence-corrected chi connectivity index (χ1v) is 32.1. The van der Waals surface area contributed by atoms with E-state index in [0.717, 1.165) is 11.1 Å². The number of methoxy groups -OCH3 is 3. The van der Waals surface area contributed by atoms with E-state index in [1.807, 2.05) is 60.7 Å². The highest BCUT2D eigenvalue weighted by Crippen LogP contribution is 2.73. The second-order valence-corrected chi connectivity index (χ2v) is 25.7. The van der Waals surface area contributed by atoms with Gasteiger partial charge in [-0.15, -0.1) is 0 Å². The lowest BCUT2D eigenvalue weighted by Crippen LogP contribution is -2.52. The molecular formula is C75H61F6N5O16. The molecule has 5 aliphatic heterocycles. The van der Waals surface area contributed by atoms with E-state index in [4.69, 9.17) is 37.9 Å². The molecule has 3 saturated carbocycles. The predicted molar refractivity (Wildman–Crippen MR) is 344 cm³/mol. The van der Waals surface area contributed by atoms with Crippen LogP contribution in [0.3, 0.4) is 0 Å². The molecule has 6 aromatic carbocycles. The molecule has 0 spiro atoms. The number of carbonyl (C=O) groups is 3. The lowest BCUT2D eigenvalue weighted by atomic mass is 9.70. The summed E-state index contributed by atoms with van der Waals surface area (Å²) in [6.07, 6.45) is -4.76. The Kier molecular flexibility index (Phi) is 16.2. The van der Waals surface area contributed by atoms with Gasteiger partial charge in [-0.2, -0.15) is 0 Å². The van der Waals surface area contributed by atoms with Gasteiger partial charge in [-0.25, -0.2) is 35.9 Å². The molecule has 27 heteroatoms. The molecule has 3 aromatic heterocycles.